The highest BCUT2D eigenvalue weighted by atomic mass is 35.5. The van der Waals surface area contributed by atoms with E-state index in [4.69, 9.17) is 5.26 Å². The van der Waals surface area contributed by atoms with Crippen LogP contribution in [0.2, 0.25) is 0 Å². The third-order valence-electron chi connectivity index (χ3n) is 5.75. The molecule has 27 heavy (non-hydrogen) atoms. The molecule has 1 saturated heterocycles. The van der Waals surface area contributed by atoms with Gasteiger partial charge in [-0.15, -0.1) is 12.4 Å². The number of rotatable bonds is 3. The highest BCUT2D eigenvalue weighted by Gasteiger charge is 2.39. The molecule has 1 aliphatic heterocycles. The summed E-state index contributed by atoms with van der Waals surface area (Å²) >= 11 is 0. The first-order valence-corrected chi connectivity index (χ1v) is 8.92. The quantitative estimate of drug-likeness (QED) is 0.810. The van der Waals surface area contributed by atoms with Gasteiger partial charge in [-0.1, -0.05) is 6.07 Å². The standard InChI is InChI=1S/C19H22F3N3O.ClH/c20-19(21,22)16-9-13(10-23)1-2-15(16)11-25-17(26)14-3-5-18(6-4-14)7-8-24-12-18;/h1-2,9,14,24H,3-8,11-12H2,(H,25,26);1H. The Balaban J connectivity index is 0.00000261. The zero-order chi connectivity index (χ0) is 18.8. The van der Waals surface area contributed by atoms with E-state index in [9.17, 15) is 18.0 Å². The van der Waals surface area contributed by atoms with Crippen molar-refractivity contribution in [1.82, 2.24) is 10.6 Å². The van der Waals surface area contributed by atoms with Gasteiger partial charge in [0.15, 0.2) is 0 Å². The Hall–Kier alpha value is -1.78. The van der Waals surface area contributed by atoms with Crippen LogP contribution in [0.3, 0.4) is 0 Å². The number of hydrogen-bond donors (Lipinski definition) is 2. The lowest BCUT2D eigenvalue weighted by Crippen LogP contribution is -2.37. The Morgan fingerprint density at radius 3 is 2.56 bits per heavy atom. The van der Waals surface area contributed by atoms with E-state index in [-0.39, 0.29) is 41.9 Å². The van der Waals surface area contributed by atoms with E-state index in [1.54, 1.807) is 6.07 Å². The summed E-state index contributed by atoms with van der Waals surface area (Å²) < 4.78 is 39.6. The number of carbonyl (C=O) groups is 1. The number of benzene rings is 1. The average molecular weight is 402 g/mol. The molecular formula is C19H23ClF3N3O. The van der Waals surface area contributed by atoms with Crippen molar-refractivity contribution in [2.45, 2.75) is 44.8 Å². The molecule has 8 heteroatoms. The Morgan fingerprint density at radius 1 is 1.30 bits per heavy atom. The van der Waals surface area contributed by atoms with Crippen molar-refractivity contribution in [3.8, 4) is 6.07 Å². The Morgan fingerprint density at radius 2 is 2.00 bits per heavy atom. The normalized spacial score (nSPS) is 24.9. The van der Waals surface area contributed by atoms with Crippen LogP contribution in [-0.2, 0) is 17.5 Å². The van der Waals surface area contributed by atoms with E-state index < -0.39 is 11.7 Å². The predicted molar refractivity (Wildman–Crippen MR) is 97.1 cm³/mol. The maximum absolute atomic E-state index is 13.2. The van der Waals surface area contributed by atoms with Gasteiger partial charge in [0, 0.05) is 19.0 Å². The van der Waals surface area contributed by atoms with E-state index in [0.29, 0.717) is 5.41 Å². The smallest absolute Gasteiger partial charge is 0.352 e. The van der Waals surface area contributed by atoms with Crippen LogP contribution in [0, 0.1) is 22.7 Å². The van der Waals surface area contributed by atoms with Crippen molar-refractivity contribution in [3.63, 3.8) is 0 Å². The van der Waals surface area contributed by atoms with E-state index in [1.807, 2.05) is 0 Å². The number of hydrogen-bond acceptors (Lipinski definition) is 3. The van der Waals surface area contributed by atoms with Crippen molar-refractivity contribution >= 4 is 18.3 Å². The molecule has 148 valence electrons. The summed E-state index contributed by atoms with van der Waals surface area (Å²) in [6.45, 7) is 1.85. The van der Waals surface area contributed by atoms with Gasteiger partial charge >= 0.3 is 6.18 Å². The number of amides is 1. The van der Waals surface area contributed by atoms with Gasteiger partial charge in [-0.25, -0.2) is 0 Å². The maximum atomic E-state index is 13.2. The summed E-state index contributed by atoms with van der Waals surface area (Å²) in [4.78, 5) is 12.4. The molecule has 3 rings (SSSR count). The van der Waals surface area contributed by atoms with Gasteiger partial charge in [-0.3, -0.25) is 4.79 Å². The molecule has 1 aromatic rings. The molecule has 2 fully saturated rings. The van der Waals surface area contributed by atoms with Crippen molar-refractivity contribution in [2.75, 3.05) is 13.1 Å². The van der Waals surface area contributed by atoms with Crippen LogP contribution < -0.4 is 10.6 Å². The van der Waals surface area contributed by atoms with Crippen LogP contribution in [0.4, 0.5) is 13.2 Å². The zero-order valence-electron chi connectivity index (χ0n) is 14.9. The largest absolute Gasteiger partial charge is 0.416 e. The van der Waals surface area contributed by atoms with Gasteiger partial charge in [-0.2, -0.15) is 18.4 Å². The number of nitriles is 1. The van der Waals surface area contributed by atoms with Crippen LogP contribution >= 0.6 is 12.4 Å². The first-order valence-electron chi connectivity index (χ1n) is 8.92. The number of halogens is 4. The molecule has 0 aromatic heterocycles. The lowest BCUT2D eigenvalue weighted by atomic mass is 9.70. The molecule has 2 aliphatic rings. The van der Waals surface area contributed by atoms with Gasteiger partial charge in [0.25, 0.3) is 0 Å². The highest BCUT2D eigenvalue weighted by Crippen LogP contribution is 2.43. The van der Waals surface area contributed by atoms with E-state index >= 15 is 0 Å². The SMILES string of the molecule is Cl.N#Cc1ccc(CNC(=O)C2CCC3(CCNC3)CC2)c(C(F)(F)F)c1. The lowest BCUT2D eigenvalue weighted by Gasteiger charge is -2.36. The van der Waals surface area contributed by atoms with Crippen molar-refractivity contribution in [2.24, 2.45) is 11.3 Å². The first kappa shape index (κ1) is 21.5. The molecule has 0 atom stereocenters. The van der Waals surface area contributed by atoms with Gasteiger partial charge < -0.3 is 10.6 Å². The summed E-state index contributed by atoms with van der Waals surface area (Å²) in [5, 5.41) is 14.8. The van der Waals surface area contributed by atoms with Gasteiger partial charge in [0.2, 0.25) is 5.91 Å². The monoisotopic (exact) mass is 401 g/mol. The minimum absolute atomic E-state index is 0. The van der Waals surface area contributed by atoms with E-state index in [0.717, 1.165) is 51.3 Å². The molecule has 1 amide bonds. The first-order chi connectivity index (χ1) is 12.3. The fourth-order valence-electron chi connectivity index (χ4n) is 4.11. The molecule has 0 radical (unpaired) electrons. The second kappa shape index (κ2) is 8.49. The third-order valence-corrected chi connectivity index (χ3v) is 5.75. The maximum Gasteiger partial charge on any atom is 0.416 e. The van der Waals surface area contributed by atoms with Gasteiger partial charge in [0.05, 0.1) is 17.2 Å². The number of alkyl halides is 3. The molecular weight excluding hydrogens is 379 g/mol. The van der Waals surface area contributed by atoms with Crippen molar-refractivity contribution < 1.29 is 18.0 Å². The fourth-order valence-corrected chi connectivity index (χ4v) is 4.11. The number of carbonyl (C=O) groups excluding carboxylic acids is 1. The minimum atomic E-state index is -4.56. The molecule has 1 aliphatic carbocycles. The second-order valence-corrected chi connectivity index (χ2v) is 7.40. The molecule has 0 bridgehead atoms. The van der Waals surface area contributed by atoms with Crippen LogP contribution in [0.25, 0.3) is 0 Å². The highest BCUT2D eigenvalue weighted by molar-refractivity contribution is 5.85. The Labute approximate surface area is 162 Å². The number of nitrogens with zero attached hydrogens (tertiary/aromatic N) is 1. The number of nitrogens with one attached hydrogen (secondary N) is 2. The van der Waals surface area contributed by atoms with Crippen LogP contribution in [-0.4, -0.2) is 19.0 Å². The summed E-state index contributed by atoms with van der Waals surface area (Å²) in [7, 11) is 0. The summed E-state index contributed by atoms with van der Waals surface area (Å²) in [5.41, 5.74) is -0.614. The summed E-state index contributed by atoms with van der Waals surface area (Å²) in [6, 6.07) is 5.15. The summed E-state index contributed by atoms with van der Waals surface area (Å²) in [5.74, 6) is -0.308. The zero-order valence-corrected chi connectivity index (χ0v) is 15.7. The molecule has 1 heterocycles. The molecule has 2 N–H and O–H groups in total. The van der Waals surface area contributed by atoms with Crippen LogP contribution in [0.5, 0.6) is 0 Å². The second-order valence-electron chi connectivity index (χ2n) is 7.40. The van der Waals surface area contributed by atoms with E-state index in [1.165, 1.54) is 12.1 Å². The summed E-state index contributed by atoms with van der Waals surface area (Å²) in [6.07, 6.45) is 0.132. The molecule has 1 spiro atoms. The molecule has 1 aromatic carbocycles. The Kier molecular flexibility index (Phi) is 6.77. The van der Waals surface area contributed by atoms with Crippen LogP contribution in [0.1, 0.15) is 48.8 Å². The molecule has 4 nitrogen and oxygen atoms in total. The van der Waals surface area contributed by atoms with E-state index in [2.05, 4.69) is 10.6 Å². The molecule has 0 unspecified atom stereocenters. The van der Waals surface area contributed by atoms with Gasteiger partial charge in [0.1, 0.15) is 0 Å². The predicted octanol–water partition coefficient (Wildman–Crippen LogP) is 3.78. The average Bonchev–Trinajstić information content (AvgIpc) is 3.07. The molecule has 1 saturated carbocycles. The van der Waals surface area contributed by atoms with Gasteiger partial charge in [-0.05, 0) is 61.8 Å². The lowest BCUT2D eigenvalue weighted by molar-refractivity contribution is -0.138. The van der Waals surface area contributed by atoms with Crippen LogP contribution in [0.15, 0.2) is 18.2 Å². The minimum Gasteiger partial charge on any atom is -0.352 e. The van der Waals surface area contributed by atoms with Crippen molar-refractivity contribution in [3.05, 3.63) is 34.9 Å². The third kappa shape index (κ3) is 4.94. The Bertz CT molecular complexity index is 714. The van der Waals surface area contributed by atoms with Crippen molar-refractivity contribution in [1.29, 1.82) is 5.26 Å². The fraction of sp³-hybridized carbons (Fsp3) is 0.579. The topological polar surface area (TPSA) is 64.9 Å².